The zero-order valence-corrected chi connectivity index (χ0v) is 11.8. The van der Waals surface area contributed by atoms with Crippen molar-refractivity contribution in [2.75, 3.05) is 19.6 Å². The summed E-state index contributed by atoms with van der Waals surface area (Å²) in [7, 11) is 0. The van der Waals surface area contributed by atoms with Gasteiger partial charge in [0, 0.05) is 13.1 Å². The maximum absolute atomic E-state index is 12.8. The molecule has 0 aromatic carbocycles. The highest BCUT2D eigenvalue weighted by atomic mass is 19.1. The van der Waals surface area contributed by atoms with Crippen molar-refractivity contribution in [2.45, 2.75) is 27.2 Å². The Bertz CT molecular complexity index is 417. The second-order valence-electron chi connectivity index (χ2n) is 5.46. The van der Waals surface area contributed by atoms with Crippen LogP contribution in [0.2, 0.25) is 0 Å². The minimum Gasteiger partial charge on any atom is -0.337 e. The van der Waals surface area contributed by atoms with E-state index < -0.39 is 5.82 Å². The second-order valence-corrected chi connectivity index (χ2v) is 5.46. The van der Waals surface area contributed by atoms with Crippen LogP contribution in [0.25, 0.3) is 0 Å². The molecule has 0 atom stereocenters. The molecule has 1 heterocycles. The van der Waals surface area contributed by atoms with E-state index in [0.717, 1.165) is 12.6 Å². The topological polar surface area (TPSA) is 59.2 Å². The molecule has 5 heteroatoms. The van der Waals surface area contributed by atoms with Gasteiger partial charge in [-0.25, -0.2) is 9.37 Å². The van der Waals surface area contributed by atoms with E-state index in [1.54, 1.807) is 4.90 Å². The van der Waals surface area contributed by atoms with E-state index in [4.69, 9.17) is 5.73 Å². The van der Waals surface area contributed by atoms with E-state index in [0.29, 0.717) is 19.6 Å². The third kappa shape index (κ3) is 4.59. The highest BCUT2D eigenvalue weighted by Gasteiger charge is 2.24. The molecule has 0 saturated carbocycles. The van der Waals surface area contributed by atoms with Crippen molar-refractivity contribution in [3.8, 4) is 0 Å². The highest BCUT2D eigenvalue weighted by Crippen LogP contribution is 2.17. The number of nitrogens with zero attached hydrogens (tertiary/aromatic N) is 2. The number of carbonyl (C=O) groups excluding carboxylic acids is 1. The van der Waals surface area contributed by atoms with Crippen LogP contribution in [0.3, 0.4) is 0 Å². The lowest BCUT2D eigenvalue weighted by Gasteiger charge is -2.31. The molecule has 0 spiro atoms. The molecule has 0 bridgehead atoms. The average molecular weight is 267 g/mol. The fourth-order valence-corrected chi connectivity index (χ4v) is 1.77. The van der Waals surface area contributed by atoms with Gasteiger partial charge in [0.05, 0.1) is 6.20 Å². The van der Waals surface area contributed by atoms with Gasteiger partial charge in [-0.3, -0.25) is 4.79 Å². The monoisotopic (exact) mass is 267 g/mol. The van der Waals surface area contributed by atoms with Gasteiger partial charge in [-0.05, 0) is 30.5 Å². The number of halogens is 1. The van der Waals surface area contributed by atoms with Crippen LogP contribution in [0.1, 0.15) is 37.7 Å². The summed E-state index contributed by atoms with van der Waals surface area (Å²) in [5.41, 5.74) is 5.82. The van der Waals surface area contributed by atoms with Gasteiger partial charge in [0.15, 0.2) is 0 Å². The maximum atomic E-state index is 12.8. The number of rotatable bonds is 6. The fraction of sp³-hybridized carbons (Fsp3) is 0.571. The molecule has 0 radical (unpaired) electrons. The van der Waals surface area contributed by atoms with Crippen LogP contribution in [0.4, 0.5) is 4.39 Å². The summed E-state index contributed by atoms with van der Waals surface area (Å²) in [5.74, 6) is -0.621. The summed E-state index contributed by atoms with van der Waals surface area (Å²) in [4.78, 5) is 17.9. The lowest BCUT2D eigenvalue weighted by molar-refractivity contribution is 0.0683. The molecule has 0 aliphatic carbocycles. The molecule has 19 heavy (non-hydrogen) atoms. The molecule has 1 aromatic heterocycles. The molecule has 1 rings (SSSR count). The Balaban J connectivity index is 2.86. The van der Waals surface area contributed by atoms with Gasteiger partial charge >= 0.3 is 0 Å². The van der Waals surface area contributed by atoms with Crippen molar-refractivity contribution in [2.24, 2.45) is 11.1 Å². The SMILES string of the molecule is CCCN(CC(C)(C)CN)C(=O)c1ccc(F)cn1. The summed E-state index contributed by atoms with van der Waals surface area (Å²) in [6, 6.07) is 2.66. The smallest absolute Gasteiger partial charge is 0.272 e. The van der Waals surface area contributed by atoms with Gasteiger partial charge in [0.2, 0.25) is 0 Å². The number of hydrogen-bond acceptors (Lipinski definition) is 3. The Hall–Kier alpha value is -1.49. The molecular formula is C14H22FN3O. The van der Waals surface area contributed by atoms with E-state index in [1.807, 2.05) is 20.8 Å². The number of hydrogen-bond donors (Lipinski definition) is 1. The van der Waals surface area contributed by atoms with E-state index in [2.05, 4.69) is 4.98 Å². The van der Waals surface area contributed by atoms with Gasteiger partial charge in [-0.2, -0.15) is 0 Å². The Morgan fingerprint density at radius 3 is 2.63 bits per heavy atom. The first-order chi connectivity index (χ1) is 8.89. The first-order valence-electron chi connectivity index (χ1n) is 6.50. The molecule has 1 amide bonds. The van der Waals surface area contributed by atoms with Crippen LogP contribution < -0.4 is 5.73 Å². The Kier molecular flexibility index (Phi) is 5.42. The van der Waals surface area contributed by atoms with Crippen LogP contribution in [-0.2, 0) is 0 Å². The van der Waals surface area contributed by atoms with E-state index in [-0.39, 0.29) is 17.0 Å². The van der Waals surface area contributed by atoms with Crippen molar-refractivity contribution in [3.63, 3.8) is 0 Å². The molecule has 0 fully saturated rings. The first-order valence-corrected chi connectivity index (χ1v) is 6.50. The number of amides is 1. The molecule has 4 nitrogen and oxygen atoms in total. The van der Waals surface area contributed by atoms with Crippen LogP contribution in [0, 0.1) is 11.2 Å². The Labute approximate surface area is 113 Å². The molecule has 106 valence electrons. The van der Waals surface area contributed by atoms with Gasteiger partial charge in [-0.15, -0.1) is 0 Å². The summed E-state index contributed by atoms with van der Waals surface area (Å²) in [5, 5.41) is 0. The van der Waals surface area contributed by atoms with E-state index >= 15 is 0 Å². The normalized spacial score (nSPS) is 11.4. The summed E-state index contributed by atoms with van der Waals surface area (Å²) in [6.07, 6.45) is 1.92. The number of aromatic nitrogens is 1. The Morgan fingerprint density at radius 2 is 2.16 bits per heavy atom. The second kappa shape index (κ2) is 6.61. The largest absolute Gasteiger partial charge is 0.337 e. The van der Waals surface area contributed by atoms with E-state index in [9.17, 15) is 9.18 Å². The van der Waals surface area contributed by atoms with Crippen LogP contribution in [-0.4, -0.2) is 35.4 Å². The third-order valence-electron chi connectivity index (χ3n) is 2.90. The quantitative estimate of drug-likeness (QED) is 0.858. The lowest BCUT2D eigenvalue weighted by Crippen LogP contribution is -2.42. The predicted octanol–water partition coefficient (Wildman–Crippen LogP) is 2.06. The van der Waals surface area contributed by atoms with E-state index in [1.165, 1.54) is 12.1 Å². The maximum Gasteiger partial charge on any atom is 0.272 e. The molecule has 0 unspecified atom stereocenters. The van der Waals surface area contributed by atoms with Crippen molar-refractivity contribution in [3.05, 3.63) is 29.8 Å². The minimum atomic E-state index is -0.444. The van der Waals surface area contributed by atoms with Crippen LogP contribution in [0.5, 0.6) is 0 Å². The molecule has 0 aliphatic heterocycles. The summed E-state index contributed by atoms with van der Waals surface area (Å²) < 4.78 is 12.8. The highest BCUT2D eigenvalue weighted by molar-refractivity contribution is 5.92. The molecular weight excluding hydrogens is 245 g/mol. The fourth-order valence-electron chi connectivity index (χ4n) is 1.77. The minimum absolute atomic E-state index is 0.148. The van der Waals surface area contributed by atoms with Crippen molar-refractivity contribution >= 4 is 5.91 Å². The van der Waals surface area contributed by atoms with Crippen molar-refractivity contribution in [1.82, 2.24) is 9.88 Å². The molecule has 1 aromatic rings. The lowest BCUT2D eigenvalue weighted by atomic mass is 9.93. The zero-order chi connectivity index (χ0) is 14.5. The molecule has 2 N–H and O–H groups in total. The first kappa shape index (κ1) is 15.6. The molecule has 0 saturated heterocycles. The number of carbonyl (C=O) groups is 1. The molecule has 0 aliphatic rings. The zero-order valence-electron chi connectivity index (χ0n) is 11.8. The van der Waals surface area contributed by atoms with Crippen LogP contribution >= 0.6 is 0 Å². The van der Waals surface area contributed by atoms with Crippen LogP contribution in [0.15, 0.2) is 18.3 Å². The summed E-state index contributed by atoms with van der Waals surface area (Å²) >= 11 is 0. The van der Waals surface area contributed by atoms with Gasteiger partial charge in [0.25, 0.3) is 5.91 Å². The van der Waals surface area contributed by atoms with Gasteiger partial charge in [0.1, 0.15) is 11.5 Å². The standard InChI is InChI=1S/C14H22FN3O/c1-4-7-18(10-14(2,3)9-16)13(19)12-6-5-11(15)8-17-12/h5-6,8H,4,7,9-10,16H2,1-3H3. The predicted molar refractivity (Wildman–Crippen MR) is 73.2 cm³/mol. The summed E-state index contributed by atoms with van der Waals surface area (Å²) in [6.45, 7) is 7.74. The number of pyridine rings is 1. The van der Waals surface area contributed by atoms with Crippen molar-refractivity contribution < 1.29 is 9.18 Å². The third-order valence-corrected chi connectivity index (χ3v) is 2.90. The average Bonchev–Trinajstić information content (AvgIpc) is 2.38. The van der Waals surface area contributed by atoms with Gasteiger partial charge in [-0.1, -0.05) is 20.8 Å². The van der Waals surface area contributed by atoms with Crippen molar-refractivity contribution in [1.29, 1.82) is 0 Å². The Morgan fingerprint density at radius 1 is 1.47 bits per heavy atom. The number of nitrogens with two attached hydrogens (primary N) is 1. The van der Waals surface area contributed by atoms with Gasteiger partial charge < -0.3 is 10.6 Å².